The third kappa shape index (κ3) is 5.81. The smallest absolute Gasteiger partial charge is 0.276 e. The minimum atomic E-state index is -0.277. The molecule has 4 rings (SSSR count). The van der Waals surface area contributed by atoms with E-state index >= 15 is 0 Å². The Kier molecular flexibility index (Phi) is 7.69. The molecule has 0 unspecified atom stereocenters. The Morgan fingerprint density at radius 2 is 1.80 bits per heavy atom. The van der Waals surface area contributed by atoms with Crippen LogP contribution < -0.4 is 10.9 Å². The number of hydrogen-bond acceptors (Lipinski definition) is 4. The average Bonchev–Trinajstić information content (AvgIpc) is 3.04. The fourth-order valence-corrected chi connectivity index (χ4v) is 5.46. The van der Waals surface area contributed by atoms with Gasteiger partial charge in [-0.3, -0.25) is 9.59 Å². The quantitative estimate of drug-likeness (QED) is 0.500. The van der Waals surface area contributed by atoms with Crippen molar-refractivity contribution in [2.75, 3.05) is 26.2 Å². The van der Waals surface area contributed by atoms with Gasteiger partial charge in [0.25, 0.3) is 5.56 Å². The fraction of sp³-hybridized carbons (Fsp3) is 0.519. The van der Waals surface area contributed by atoms with Crippen LogP contribution in [0, 0.1) is 31.5 Å². The van der Waals surface area contributed by atoms with Crippen LogP contribution in [0.5, 0.6) is 0 Å². The molecular formula is C27H36FN5O2. The second kappa shape index (κ2) is 10.7. The third-order valence-electron chi connectivity index (χ3n) is 7.07. The molecule has 1 aromatic carbocycles. The average molecular weight is 482 g/mol. The molecule has 0 saturated carbocycles. The SMILES string of the molecule is Cc1c2cnn(CC(=O)NCCCN3C[C@H](C)C[C@H](C)C3)c(=O)c2c(C)n1Cc1ccc(F)cc1. The molecule has 1 amide bonds. The van der Waals surface area contributed by atoms with Crippen LogP contribution in [0.2, 0.25) is 0 Å². The zero-order valence-electron chi connectivity index (χ0n) is 21.2. The number of amides is 1. The predicted octanol–water partition coefficient (Wildman–Crippen LogP) is 3.49. The van der Waals surface area contributed by atoms with Gasteiger partial charge < -0.3 is 14.8 Å². The molecule has 7 nitrogen and oxygen atoms in total. The van der Waals surface area contributed by atoms with Crippen LogP contribution in [-0.2, 0) is 17.9 Å². The molecule has 3 heterocycles. The second-order valence-electron chi connectivity index (χ2n) is 10.2. The molecule has 2 aromatic heterocycles. The first-order valence-electron chi connectivity index (χ1n) is 12.5. The van der Waals surface area contributed by atoms with E-state index in [0.717, 1.165) is 60.2 Å². The highest BCUT2D eigenvalue weighted by Gasteiger charge is 2.21. The second-order valence-corrected chi connectivity index (χ2v) is 10.2. The molecule has 8 heteroatoms. The van der Waals surface area contributed by atoms with Crippen molar-refractivity contribution in [3.05, 3.63) is 63.6 Å². The van der Waals surface area contributed by atoms with Gasteiger partial charge in [0.1, 0.15) is 12.4 Å². The molecule has 1 aliphatic heterocycles. The fourth-order valence-electron chi connectivity index (χ4n) is 5.46. The maximum atomic E-state index is 13.3. The molecule has 1 N–H and O–H groups in total. The Bertz CT molecular complexity index is 1240. The summed E-state index contributed by atoms with van der Waals surface area (Å²) in [7, 11) is 0. The van der Waals surface area contributed by atoms with Crippen molar-refractivity contribution in [3.63, 3.8) is 0 Å². The van der Waals surface area contributed by atoms with E-state index in [1.54, 1.807) is 18.3 Å². The zero-order chi connectivity index (χ0) is 25.1. The largest absolute Gasteiger partial charge is 0.354 e. The van der Waals surface area contributed by atoms with Gasteiger partial charge in [0.2, 0.25) is 5.91 Å². The summed E-state index contributed by atoms with van der Waals surface area (Å²) in [6.07, 6.45) is 3.83. The van der Waals surface area contributed by atoms with Gasteiger partial charge in [-0.2, -0.15) is 5.10 Å². The summed E-state index contributed by atoms with van der Waals surface area (Å²) in [5, 5.41) is 8.55. The van der Waals surface area contributed by atoms with Crippen molar-refractivity contribution in [2.45, 2.75) is 53.6 Å². The van der Waals surface area contributed by atoms with E-state index in [2.05, 4.69) is 29.2 Å². The summed E-state index contributed by atoms with van der Waals surface area (Å²) in [5.74, 6) is 0.957. The number of carbonyl (C=O) groups excluding carboxylic acids is 1. The van der Waals surface area contributed by atoms with E-state index in [4.69, 9.17) is 0 Å². The van der Waals surface area contributed by atoms with Crippen molar-refractivity contribution < 1.29 is 9.18 Å². The predicted molar refractivity (Wildman–Crippen MR) is 136 cm³/mol. The van der Waals surface area contributed by atoms with Gasteiger partial charge in [0.05, 0.1) is 11.6 Å². The Balaban J connectivity index is 1.39. The lowest BCUT2D eigenvalue weighted by Crippen LogP contribution is -2.40. The number of likely N-dealkylation sites (tertiary alicyclic amines) is 1. The first-order valence-corrected chi connectivity index (χ1v) is 12.5. The Morgan fingerprint density at radius 1 is 1.11 bits per heavy atom. The topological polar surface area (TPSA) is 72.2 Å². The summed E-state index contributed by atoms with van der Waals surface area (Å²) >= 11 is 0. The first kappa shape index (κ1) is 25.1. The van der Waals surface area contributed by atoms with E-state index in [0.29, 0.717) is 18.5 Å². The number of aryl methyl sites for hydroxylation is 2. The molecule has 1 saturated heterocycles. The lowest BCUT2D eigenvalue weighted by Gasteiger charge is -2.34. The van der Waals surface area contributed by atoms with Crippen molar-refractivity contribution in [1.29, 1.82) is 0 Å². The van der Waals surface area contributed by atoms with Gasteiger partial charge in [-0.05, 0) is 62.8 Å². The van der Waals surface area contributed by atoms with Gasteiger partial charge in [-0.25, -0.2) is 9.07 Å². The molecule has 2 atom stereocenters. The van der Waals surface area contributed by atoms with E-state index < -0.39 is 0 Å². The normalized spacial score (nSPS) is 18.8. The zero-order valence-corrected chi connectivity index (χ0v) is 21.2. The van der Waals surface area contributed by atoms with Crippen molar-refractivity contribution in [2.24, 2.45) is 11.8 Å². The van der Waals surface area contributed by atoms with Crippen molar-refractivity contribution in [1.82, 2.24) is 24.6 Å². The van der Waals surface area contributed by atoms with Gasteiger partial charge in [0.15, 0.2) is 0 Å². The van der Waals surface area contributed by atoms with Crippen LogP contribution in [0.15, 0.2) is 35.3 Å². The maximum absolute atomic E-state index is 13.3. The van der Waals surface area contributed by atoms with E-state index in [1.807, 2.05) is 18.4 Å². The summed E-state index contributed by atoms with van der Waals surface area (Å²) in [4.78, 5) is 28.2. The number of carbonyl (C=O) groups is 1. The number of rotatable bonds is 8. The number of benzene rings is 1. The number of fused-ring (bicyclic) bond motifs is 1. The number of aromatic nitrogens is 3. The van der Waals surface area contributed by atoms with Crippen LogP contribution in [0.4, 0.5) is 4.39 Å². The van der Waals surface area contributed by atoms with Gasteiger partial charge >= 0.3 is 0 Å². The monoisotopic (exact) mass is 481 g/mol. The minimum Gasteiger partial charge on any atom is -0.354 e. The molecule has 0 spiro atoms. The molecule has 0 aliphatic carbocycles. The van der Waals surface area contributed by atoms with Gasteiger partial charge in [0, 0.05) is 43.0 Å². The number of halogens is 1. The highest BCUT2D eigenvalue weighted by molar-refractivity contribution is 5.87. The molecule has 188 valence electrons. The molecule has 0 radical (unpaired) electrons. The molecule has 35 heavy (non-hydrogen) atoms. The summed E-state index contributed by atoms with van der Waals surface area (Å²) in [6, 6.07) is 6.35. The highest BCUT2D eigenvalue weighted by atomic mass is 19.1. The first-order chi connectivity index (χ1) is 16.7. The Morgan fingerprint density at radius 3 is 2.49 bits per heavy atom. The highest BCUT2D eigenvalue weighted by Crippen LogP contribution is 2.23. The summed E-state index contributed by atoms with van der Waals surface area (Å²) < 4.78 is 16.5. The third-order valence-corrected chi connectivity index (χ3v) is 7.07. The van der Waals surface area contributed by atoms with Gasteiger partial charge in [-0.1, -0.05) is 26.0 Å². The van der Waals surface area contributed by atoms with Crippen molar-refractivity contribution in [3.8, 4) is 0 Å². The maximum Gasteiger partial charge on any atom is 0.276 e. The number of hydrogen-bond donors (Lipinski definition) is 1. The van der Waals surface area contributed by atoms with Crippen LogP contribution in [0.25, 0.3) is 10.8 Å². The number of nitrogens with one attached hydrogen (secondary N) is 1. The molecule has 1 aliphatic rings. The molecular weight excluding hydrogens is 445 g/mol. The molecule has 3 aromatic rings. The number of piperidine rings is 1. The van der Waals surface area contributed by atoms with E-state index in [-0.39, 0.29) is 23.8 Å². The summed E-state index contributed by atoms with van der Waals surface area (Å²) in [5.41, 5.74) is 2.41. The lowest BCUT2D eigenvalue weighted by atomic mass is 9.92. The Labute approximate surface area is 205 Å². The van der Waals surface area contributed by atoms with E-state index in [1.165, 1.54) is 23.2 Å². The van der Waals surface area contributed by atoms with Gasteiger partial charge in [-0.15, -0.1) is 0 Å². The summed E-state index contributed by atoms with van der Waals surface area (Å²) in [6.45, 7) is 12.7. The molecule has 1 fully saturated rings. The van der Waals surface area contributed by atoms with E-state index in [9.17, 15) is 14.0 Å². The standard InChI is InChI=1S/C27H36FN5O2/c1-18-12-19(2)15-31(14-18)11-5-10-29-25(34)17-33-27(35)26-21(4)32(20(3)24(26)13-30-33)16-22-6-8-23(28)9-7-22/h6-9,13,18-19H,5,10-12,14-17H2,1-4H3,(H,29,34)/t18-,19+. The van der Waals surface area contributed by atoms with Crippen LogP contribution in [0.3, 0.4) is 0 Å². The lowest BCUT2D eigenvalue weighted by molar-refractivity contribution is -0.121. The van der Waals surface area contributed by atoms with Crippen LogP contribution in [0.1, 0.15) is 43.6 Å². The van der Waals surface area contributed by atoms with Crippen LogP contribution in [-0.4, -0.2) is 51.3 Å². The van der Waals surface area contributed by atoms with Crippen molar-refractivity contribution >= 4 is 16.7 Å². The Hall–Kier alpha value is -3.00. The minimum absolute atomic E-state index is 0.103. The van der Waals surface area contributed by atoms with Crippen LogP contribution >= 0.6 is 0 Å². The molecule has 0 bridgehead atoms. The number of nitrogens with zero attached hydrogens (tertiary/aromatic N) is 4.